The second-order valence-corrected chi connectivity index (χ2v) is 8.85. The summed E-state index contributed by atoms with van der Waals surface area (Å²) in [6, 6.07) is 3.37. The Morgan fingerprint density at radius 3 is 2.35 bits per heavy atom. The highest BCUT2D eigenvalue weighted by atomic mass is 32.2. The predicted molar refractivity (Wildman–Crippen MR) is 99.6 cm³/mol. The van der Waals surface area contributed by atoms with Crippen LogP contribution in [-0.4, -0.2) is 49.1 Å². The zero-order chi connectivity index (χ0) is 22.9. The highest BCUT2D eigenvalue weighted by Gasteiger charge is 2.34. The molecular weight excluding hydrogens is 447 g/mol. The van der Waals surface area contributed by atoms with Crippen molar-refractivity contribution in [2.24, 2.45) is 0 Å². The van der Waals surface area contributed by atoms with Gasteiger partial charge in [-0.1, -0.05) is 0 Å². The van der Waals surface area contributed by atoms with Crippen molar-refractivity contribution in [2.45, 2.75) is 30.0 Å². The number of nitrogens with zero attached hydrogens (tertiary/aromatic N) is 1. The summed E-state index contributed by atoms with van der Waals surface area (Å²) < 4.78 is 94.3. The highest BCUT2D eigenvalue weighted by Crippen LogP contribution is 2.25. The molecule has 1 aliphatic heterocycles. The quantitative estimate of drug-likeness (QED) is 0.538. The smallest absolute Gasteiger partial charge is 0.255 e. The third-order valence-electron chi connectivity index (χ3n) is 4.76. The average molecular weight is 464 g/mol. The number of rotatable bonds is 4. The largest absolute Gasteiger partial charge is 0.390 e. The third kappa shape index (κ3) is 4.86. The summed E-state index contributed by atoms with van der Waals surface area (Å²) in [5.41, 5.74) is -0.825. The molecule has 12 heteroatoms. The van der Waals surface area contributed by atoms with Gasteiger partial charge in [0.15, 0.2) is 17.5 Å². The summed E-state index contributed by atoms with van der Waals surface area (Å²) in [5.74, 6) is -7.09. The molecule has 6 nitrogen and oxygen atoms in total. The van der Waals surface area contributed by atoms with Gasteiger partial charge in [-0.2, -0.15) is 4.31 Å². The fraction of sp³-hybridized carbons (Fsp3) is 0.316. The number of hydrogen-bond donors (Lipinski definition) is 2. The third-order valence-corrected chi connectivity index (χ3v) is 6.64. The van der Waals surface area contributed by atoms with E-state index >= 15 is 0 Å². The molecule has 168 valence electrons. The summed E-state index contributed by atoms with van der Waals surface area (Å²) in [5, 5.41) is 11.6. The van der Waals surface area contributed by atoms with Crippen molar-refractivity contribution in [1.29, 1.82) is 0 Å². The number of carbonyl (C=O) groups is 1. The van der Waals surface area contributed by atoms with Crippen molar-refractivity contribution in [2.75, 3.05) is 18.4 Å². The van der Waals surface area contributed by atoms with Gasteiger partial charge >= 0.3 is 0 Å². The van der Waals surface area contributed by atoms with Gasteiger partial charge in [-0.3, -0.25) is 4.79 Å². The number of aliphatic hydroxyl groups excluding tert-OH is 1. The lowest BCUT2D eigenvalue weighted by Gasteiger charge is -2.22. The molecule has 1 amide bonds. The standard InChI is InChI=1S/C19H17F5N2O4S/c20-12-4-3-10(19(28)25-11-7-13(21)18(24)14(22)8-11)6-17(12)31(29,30)26-5-1-2-16(27)15(23)9-26/h3-4,6-8,15-16,27H,1-2,5,9H2,(H,25,28)/t15?,16-/m1/s1. The first-order chi connectivity index (χ1) is 14.5. The zero-order valence-corrected chi connectivity index (χ0v) is 16.6. The minimum atomic E-state index is -4.56. The van der Waals surface area contributed by atoms with Crippen LogP contribution in [0.2, 0.25) is 0 Å². The number of anilines is 1. The first-order valence-electron chi connectivity index (χ1n) is 9.08. The molecular formula is C19H17F5N2O4S. The molecule has 1 heterocycles. The van der Waals surface area contributed by atoms with Gasteiger partial charge in [-0.15, -0.1) is 0 Å². The SMILES string of the molecule is O=C(Nc1cc(F)c(F)c(F)c1)c1ccc(F)c(S(=O)(=O)N2CCC[C@@H](O)C(F)C2)c1. The van der Waals surface area contributed by atoms with E-state index in [2.05, 4.69) is 5.32 Å². The van der Waals surface area contributed by atoms with Crippen molar-refractivity contribution in [3.05, 3.63) is 59.2 Å². The van der Waals surface area contributed by atoms with Crippen LogP contribution in [0.25, 0.3) is 0 Å². The average Bonchev–Trinajstić information content (AvgIpc) is 2.87. The molecule has 2 N–H and O–H groups in total. The summed E-state index contributed by atoms with van der Waals surface area (Å²) in [6.45, 7) is -0.850. The molecule has 1 fully saturated rings. The van der Waals surface area contributed by atoms with Gasteiger partial charge in [0.1, 0.15) is 16.9 Å². The van der Waals surface area contributed by atoms with Crippen LogP contribution in [0, 0.1) is 23.3 Å². The highest BCUT2D eigenvalue weighted by molar-refractivity contribution is 7.89. The molecule has 0 aliphatic carbocycles. The van der Waals surface area contributed by atoms with Gasteiger partial charge in [-0.25, -0.2) is 30.4 Å². The van der Waals surface area contributed by atoms with Crippen molar-refractivity contribution < 1.29 is 40.3 Å². The van der Waals surface area contributed by atoms with Crippen LogP contribution in [0.4, 0.5) is 27.6 Å². The Hall–Kier alpha value is -2.57. The molecule has 0 aromatic heterocycles. The molecule has 2 aromatic carbocycles. The minimum Gasteiger partial charge on any atom is -0.390 e. The van der Waals surface area contributed by atoms with Crippen LogP contribution >= 0.6 is 0 Å². The molecule has 0 bridgehead atoms. The van der Waals surface area contributed by atoms with E-state index in [9.17, 15) is 40.3 Å². The monoisotopic (exact) mass is 464 g/mol. The maximum absolute atomic E-state index is 14.3. The number of hydrogen-bond acceptors (Lipinski definition) is 4. The van der Waals surface area contributed by atoms with E-state index in [1.165, 1.54) is 0 Å². The summed E-state index contributed by atoms with van der Waals surface area (Å²) in [4.78, 5) is 11.5. The Balaban J connectivity index is 1.90. The van der Waals surface area contributed by atoms with Crippen molar-refractivity contribution in [3.8, 4) is 0 Å². The minimum absolute atomic E-state index is 0.0307. The summed E-state index contributed by atoms with van der Waals surface area (Å²) in [7, 11) is -4.56. The van der Waals surface area contributed by atoms with Gasteiger partial charge < -0.3 is 10.4 Å². The molecule has 2 atom stereocenters. The number of amides is 1. The second kappa shape index (κ2) is 8.89. The van der Waals surface area contributed by atoms with E-state index in [4.69, 9.17) is 0 Å². The van der Waals surface area contributed by atoms with Gasteiger partial charge in [0.05, 0.1) is 6.10 Å². The van der Waals surface area contributed by atoms with Gasteiger partial charge in [-0.05, 0) is 31.0 Å². The van der Waals surface area contributed by atoms with E-state index in [1.54, 1.807) is 0 Å². The number of aliphatic hydroxyl groups is 1. The van der Waals surface area contributed by atoms with Crippen LogP contribution in [-0.2, 0) is 10.0 Å². The number of benzene rings is 2. The van der Waals surface area contributed by atoms with Crippen LogP contribution in [0.1, 0.15) is 23.2 Å². The molecule has 31 heavy (non-hydrogen) atoms. The topological polar surface area (TPSA) is 86.7 Å². The Kier molecular flexibility index (Phi) is 6.62. The number of nitrogens with one attached hydrogen (secondary N) is 1. The normalized spacial score (nSPS) is 20.3. The zero-order valence-electron chi connectivity index (χ0n) is 15.8. The van der Waals surface area contributed by atoms with Crippen LogP contribution < -0.4 is 5.32 Å². The summed E-state index contributed by atoms with van der Waals surface area (Å²) in [6.07, 6.45) is -3.04. The Labute approximate surface area is 174 Å². The van der Waals surface area contributed by atoms with Gasteiger partial charge in [0.2, 0.25) is 10.0 Å². The molecule has 0 saturated carbocycles. The summed E-state index contributed by atoms with van der Waals surface area (Å²) >= 11 is 0. The van der Waals surface area contributed by atoms with E-state index in [-0.39, 0.29) is 24.9 Å². The molecule has 0 radical (unpaired) electrons. The lowest BCUT2D eigenvalue weighted by atomic mass is 10.1. The molecule has 0 spiro atoms. The Morgan fingerprint density at radius 1 is 1.06 bits per heavy atom. The van der Waals surface area contributed by atoms with Crippen molar-refractivity contribution in [3.63, 3.8) is 0 Å². The van der Waals surface area contributed by atoms with Crippen molar-refractivity contribution >= 4 is 21.6 Å². The number of carbonyl (C=O) groups excluding carboxylic acids is 1. The first kappa shape index (κ1) is 23.1. The van der Waals surface area contributed by atoms with Crippen LogP contribution in [0.15, 0.2) is 35.2 Å². The van der Waals surface area contributed by atoms with Gasteiger partial charge in [0, 0.05) is 36.5 Å². The lowest BCUT2D eigenvalue weighted by Crippen LogP contribution is -2.38. The predicted octanol–water partition coefficient (Wildman–Crippen LogP) is 2.98. The van der Waals surface area contributed by atoms with Gasteiger partial charge in [0.25, 0.3) is 5.91 Å². The fourth-order valence-corrected chi connectivity index (χ4v) is 4.67. The molecule has 2 aromatic rings. The van der Waals surface area contributed by atoms with Crippen LogP contribution in [0.3, 0.4) is 0 Å². The second-order valence-electron chi connectivity index (χ2n) is 6.94. The number of sulfonamides is 1. The molecule has 1 aliphatic rings. The Bertz CT molecular complexity index is 1090. The van der Waals surface area contributed by atoms with E-state index in [0.717, 1.165) is 6.07 Å². The van der Waals surface area contributed by atoms with E-state index < -0.39 is 68.6 Å². The first-order valence-corrected chi connectivity index (χ1v) is 10.5. The van der Waals surface area contributed by atoms with Crippen molar-refractivity contribution in [1.82, 2.24) is 4.31 Å². The number of halogens is 5. The maximum Gasteiger partial charge on any atom is 0.255 e. The molecule has 1 unspecified atom stereocenters. The van der Waals surface area contributed by atoms with Crippen LogP contribution in [0.5, 0.6) is 0 Å². The van der Waals surface area contributed by atoms with E-state index in [1.807, 2.05) is 0 Å². The molecule has 3 rings (SSSR count). The fourth-order valence-electron chi connectivity index (χ4n) is 3.10. The lowest BCUT2D eigenvalue weighted by molar-refractivity contribution is 0.0732. The maximum atomic E-state index is 14.3. The van der Waals surface area contributed by atoms with E-state index in [0.29, 0.717) is 28.6 Å². The number of alkyl halides is 1. The molecule has 1 saturated heterocycles. The Morgan fingerprint density at radius 2 is 1.71 bits per heavy atom.